The van der Waals surface area contributed by atoms with E-state index in [0.717, 1.165) is 18.8 Å². The lowest BCUT2D eigenvalue weighted by Crippen LogP contribution is -2.14. The molecular weight excluding hydrogens is 188 g/mol. The number of hydrogen-bond acceptors (Lipinski definition) is 3. The lowest BCUT2D eigenvalue weighted by Gasteiger charge is -2.05. The van der Waals surface area contributed by atoms with E-state index in [9.17, 15) is 0 Å². The van der Waals surface area contributed by atoms with E-state index in [1.165, 1.54) is 0 Å². The molecule has 0 rings (SSSR count). The van der Waals surface area contributed by atoms with E-state index in [4.69, 9.17) is 0 Å². The number of hydrogen-bond donors (Lipinski definition) is 0. The lowest BCUT2D eigenvalue weighted by molar-refractivity contribution is 0.438. The molecule has 0 saturated carbocycles. The van der Waals surface area contributed by atoms with Gasteiger partial charge in [0.25, 0.3) is 0 Å². The summed E-state index contributed by atoms with van der Waals surface area (Å²) in [6, 6.07) is 0. The molecule has 72 valence electrons. The fraction of sp³-hybridized carbons (Fsp3) is 0.875. The van der Waals surface area contributed by atoms with E-state index in [1.807, 2.05) is 10.8 Å². The molecule has 0 heterocycles. The Morgan fingerprint density at radius 2 is 1.75 bits per heavy atom. The van der Waals surface area contributed by atoms with Crippen LogP contribution in [-0.2, 0) is 0 Å². The van der Waals surface area contributed by atoms with Crippen molar-refractivity contribution in [2.75, 3.05) is 47.0 Å². The van der Waals surface area contributed by atoms with Gasteiger partial charge in [0.05, 0.1) is 6.54 Å². The predicted molar refractivity (Wildman–Crippen MR) is 61.0 cm³/mol. The van der Waals surface area contributed by atoms with Gasteiger partial charge in [0.15, 0.2) is 0 Å². The molecule has 0 fully saturated rings. The van der Waals surface area contributed by atoms with Crippen LogP contribution in [0.25, 0.3) is 0 Å². The summed E-state index contributed by atoms with van der Waals surface area (Å²) in [4.78, 5) is 4.30. The van der Waals surface area contributed by atoms with Gasteiger partial charge in [0, 0.05) is 12.3 Å². The largest absolute Gasteiger partial charge is 0.309 e. The molecule has 0 atom stereocenters. The van der Waals surface area contributed by atoms with Crippen LogP contribution in [0.5, 0.6) is 0 Å². The molecule has 0 bridgehead atoms. The summed E-state index contributed by atoms with van der Waals surface area (Å²) >= 11 is 0. The smallest absolute Gasteiger partial charge is 0.0627 e. The van der Waals surface area contributed by atoms with E-state index in [-0.39, 0.29) is 0 Å². The van der Waals surface area contributed by atoms with Gasteiger partial charge in [-0.3, -0.25) is 4.90 Å². The minimum atomic E-state index is 0.930. The second-order valence-electron chi connectivity index (χ2n) is 3.09. The van der Waals surface area contributed by atoms with Gasteiger partial charge in [-0.15, -0.1) is 0 Å². The quantitative estimate of drug-likeness (QED) is 0.508. The average molecular weight is 206 g/mol. The van der Waals surface area contributed by atoms with Crippen molar-refractivity contribution in [1.29, 1.82) is 0 Å². The van der Waals surface area contributed by atoms with Gasteiger partial charge in [0.1, 0.15) is 0 Å². The monoisotopic (exact) mass is 206 g/mol. The molecule has 0 unspecified atom stereocenters. The second kappa shape index (κ2) is 7.90. The fourth-order valence-electron chi connectivity index (χ4n) is 0.459. The summed E-state index contributed by atoms with van der Waals surface area (Å²) in [6.07, 6.45) is 0. The first-order chi connectivity index (χ1) is 5.63. The van der Waals surface area contributed by atoms with E-state index >= 15 is 0 Å². The van der Waals surface area contributed by atoms with Crippen molar-refractivity contribution >= 4 is 21.0 Å². The molecular formula is C8H18N2S2. The molecule has 0 aliphatic carbocycles. The SMILES string of the molecule is CN(C)CC#SSCCN(C)C. The van der Waals surface area contributed by atoms with Crippen molar-refractivity contribution in [3.8, 4) is 5.18 Å². The maximum absolute atomic E-state index is 3.25. The summed E-state index contributed by atoms with van der Waals surface area (Å²) in [5.41, 5.74) is 0. The molecule has 0 spiro atoms. The standard InChI is InChI=1S/C8H18N2S2/c1-9(2)5-7-11-12-8-6-10(3)4/h5-7H2,1-4H3. The van der Waals surface area contributed by atoms with Crippen molar-refractivity contribution in [3.63, 3.8) is 0 Å². The third-order valence-corrected chi connectivity index (χ3v) is 3.04. The molecule has 0 N–H and O–H groups in total. The van der Waals surface area contributed by atoms with Crippen LogP contribution in [0.4, 0.5) is 0 Å². The first-order valence-electron chi connectivity index (χ1n) is 3.93. The first-order valence-corrected chi connectivity index (χ1v) is 6.25. The van der Waals surface area contributed by atoms with Crippen LogP contribution in [-0.4, -0.2) is 56.8 Å². The molecule has 12 heavy (non-hydrogen) atoms. The van der Waals surface area contributed by atoms with Crippen LogP contribution < -0.4 is 0 Å². The average Bonchev–Trinajstić information content (AvgIpc) is 1.95. The Morgan fingerprint density at radius 3 is 2.25 bits per heavy atom. The van der Waals surface area contributed by atoms with E-state index < -0.39 is 0 Å². The van der Waals surface area contributed by atoms with Crippen molar-refractivity contribution in [2.24, 2.45) is 0 Å². The molecule has 0 radical (unpaired) electrons. The Balaban J connectivity index is 3.22. The van der Waals surface area contributed by atoms with Gasteiger partial charge in [-0.05, 0) is 28.2 Å². The van der Waals surface area contributed by atoms with Gasteiger partial charge >= 0.3 is 0 Å². The Labute approximate surface area is 83.3 Å². The van der Waals surface area contributed by atoms with E-state index in [2.05, 4.69) is 43.2 Å². The van der Waals surface area contributed by atoms with Crippen LogP contribution >= 0.6 is 21.0 Å². The van der Waals surface area contributed by atoms with Crippen molar-refractivity contribution in [3.05, 3.63) is 0 Å². The van der Waals surface area contributed by atoms with Gasteiger partial charge in [-0.1, -0.05) is 26.2 Å². The van der Waals surface area contributed by atoms with Crippen LogP contribution in [0.15, 0.2) is 0 Å². The van der Waals surface area contributed by atoms with Crippen LogP contribution in [0.2, 0.25) is 0 Å². The van der Waals surface area contributed by atoms with Gasteiger partial charge in [-0.25, -0.2) is 0 Å². The third-order valence-electron chi connectivity index (χ3n) is 1.12. The molecule has 2 nitrogen and oxygen atoms in total. The van der Waals surface area contributed by atoms with Gasteiger partial charge < -0.3 is 4.90 Å². The Bertz CT molecular complexity index is 158. The fourth-order valence-corrected chi connectivity index (χ4v) is 2.26. The second-order valence-corrected chi connectivity index (χ2v) is 5.40. The topological polar surface area (TPSA) is 6.48 Å². The maximum Gasteiger partial charge on any atom is 0.0627 e. The number of rotatable bonds is 4. The van der Waals surface area contributed by atoms with Crippen LogP contribution in [0, 0.1) is 5.18 Å². The number of nitrogens with zero attached hydrogens (tertiary/aromatic N) is 2. The molecule has 4 heteroatoms. The predicted octanol–water partition coefficient (Wildman–Crippen LogP) is 1.45. The first kappa shape index (κ1) is 12.3. The summed E-state index contributed by atoms with van der Waals surface area (Å²) in [7, 11) is 11.9. The minimum absolute atomic E-state index is 0.930. The zero-order valence-corrected chi connectivity index (χ0v) is 9.97. The Hall–Kier alpha value is 0.270. The molecule has 0 aliphatic heterocycles. The van der Waals surface area contributed by atoms with Gasteiger partial charge in [-0.2, -0.15) is 0 Å². The molecule has 0 aliphatic rings. The van der Waals surface area contributed by atoms with Crippen molar-refractivity contribution in [2.45, 2.75) is 0 Å². The highest BCUT2D eigenvalue weighted by Gasteiger charge is 1.87. The van der Waals surface area contributed by atoms with Crippen molar-refractivity contribution < 1.29 is 0 Å². The molecule has 0 aromatic rings. The highest BCUT2D eigenvalue weighted by Crippen LogP contribution is 2.08. The zero-order chi connectivity index (χ0) is 9.40. The van der Waals surface area contributed by atoms with Crippen LogP contribution in [0.1, 0.15) is 0 Å². The molecule has 0 aromatic carbocycles. The molecule has 0 aromatic heterocycles. The highest BCUT2D eigenvalue weighted by atomic mass is 33.1. The minimum Gasteiger partial charge on any atom is -0.309 e. The van der Waals surface area contributed by atoms with Crippen molar-refractivity contribution in [1.82, 2.24) is 9.80 Å². The maximum atomic E-state index is 3.25. The summed E-state index contributed by atoms with van der Waals surface area (Å²) in [5.74, 6) is 1.16. The highest BCUT2D eigenvalue weighted by molar-refractivity contribution is 8.71. The Morgan fingerprint density at radius 1 is 1.08 bits per heavy atom. The third kappa shape index (κ3) is 10.3. The van der Waals surface area contributed by atoms with E-state index in [1.54, 1.807) is 10.2 Å². The zero-order valence-electron chi connectivity index (χ0n) is 8.33. The van der Waals surface area contributed by atoms with E-state index in [0.29, 0.717) is 0 Å². The summed E-state index contributed by atoms with van der Waals surface area (Å²) < 4.78 is 0. The Kier molecular flexibility index (Phi) is 8.07. The van der Waals surface area contributed by atoms with Gasteiger partial charge in [0.2, 0.25) is 0 Å². The normalized spacial score (nSPS) is 10.5. The summed E-state index contributed by atoms with van der Waals surface area (Å²) in [5, 5.41) is 3.25. The molecule has 0 amide bonds. The summed E-state index contributed by atoms with van der Waals surface area (Å²) in [6.45, 7) is 2.07. The lowest BCUT2D eigenvalue weighted by atomic mass is 10.7. The molecule has 0 saturated heterocycles. The van der Waals surface area contributed by atoms with Crippen LogP contribution in [0.3, 0.4) is 0 Å².